The van der Waals surface area contributed by atoms with Crippen molar-refractivity contribution in [2.45, 2.75) is 31.2 Å². The molecule has 0 amide bonds. The van der Waals surface area contributed by atoms with Gasteiger partial charge < -0.3 is 10.6 Å². The van der Waals surface area contributed by atoms with Crippen LogP contribution >= 0.6 is 24.0 Å². The average Bonchev–Trinajstić information content (AvgIpc) is 2.47. The van der Waals surface area contributed by atoms with Crippen LogP contribution in [0.4, 0.5) is 5.69 Å². The molecular weight excluding hydrogens is 298 g/mol. The fourth-order valence-electron chi connectivity index (χ4n) is 2.91. The summed E-state index contributed by atoms with van der Waals surface area (Å²) in [6, 6.07) is 7.00. The van der Waals surface area contributed by atoms with E-state index in [0.29, 0.717) is 11.0 Å². The number of nitrogens with two attached hydrogens (primary N) is 1. The molecule has 116 valence electrons. The summed E-state index contributed by atoms with van der Waals surface area (Å²) < 4.78 is 0. The zero-order chi connectivity index (χ0) is 15.4. The van der Waals surface area contributed by atoms with Crippen molar-refractivity contribution in [1.29, 1.82) is 0 Å². The van der Waals surface area contributed by atoms with Crippen LogP contribution in [-0.4, -0.2) is 48.4 Å². The number of hydrogen-bond donors (Lipinski definition) is 1. The van der Waals surface area contributed by atoms with E-state index < -0.39 is 0 Å². The second-order valence-corrected chi connectivity index (χ2v) is 7.18. The number of piperazine rings is 1. The van der Waals surface area contributed by atoms with Crippen molar-refractivity contribution in [2.75, 3.05) is 37.3 Å². The first kappa shape index (κ1) is 16.6. The maximum atomic E-state index is 6.03. The number of thiocarbonyl (C=S) groups is 1. The van der Waals surface area contributed by atoms with E-state index in [2.05, 4.69) is 48.9 Å². The number of benzene rings is 1. The van der Waals surface area contributed by atoms with Crippen molar-refractivity contribution in [2.24, 2.45) is 5.73 Å². The third kappa shape index (κ3) is 3.71. The molecule has 0 bridgehead atoms. The smallest absolute Gasteiger partial charge is 0.107 e. The molecule has 1 fully saturated rings. The Bertz CT molecular complexity index is 504. The molecule has 1 saturated heterocycles. The molecule has 2 rings (SSSR count). The van der Waals surface area contributed by atoms with E-state index in [1.54, 1.807) is 0 Å². The molecule has 0 spiro atoms. The molecule has 2 N–H and O–H groups in total. The Labute approximate surface area is 137 Å². The molecule has 5 heteroatoms. The van der Waals surface area contributed by atoms with Crippen LogP contribution in [-0.2, 0) is 0 Å². The molecule has 1 aromatic rings. The summed E-state index contributed by atoms with van der Waals surface area (Å²) in [6.07, 6.45) is 1.17. The van der Waals surface area contributed by atoms with Gasteiger partial charge in [0.05, 0.1) is 0 Å². The van der Waals surface area contributed by atoms with Gasteiger partial charge in [-0.3, -0.25) is 4.90 Å². The molecule has 0 aromatic heterocycles. The molecule has 0 radical (unpaired) electrons. The fourth-order valence-corrected chi connectivity index (χ4v) is 4.04. The van der Waals surface area contributed by atoms with Crippen LogP contribution in [0.2, 0.25) is 0 Å². The predicted octanol–water partition coefficient (Wildman–Crippen LogP) is 2.96. The largest absolute Gasteiger partial charge is 0.389 e. The van der Waals surface area contributed by atoms with Crippen LogP contribution in [0.15, 0.2) is 23.1 Å². The Kier molecular flexibility index (Phi) is 5.90. The lowest BCUT2D eigenvalue weighted by molar-refractivity contribution is 0.213. The first-order valence-corrected chi connectivity index (χ1v) is 8.98. The van der Waals surface area contributed by atoms with E-state index in [1.165, 1.54) is 17.0 Å². The van der Waals surface area contributed by atoms with E-state index in [4.69, 9.17) is 18.0 Å². The van der Waals surface area contributed by atoms with Gasteiger partial charge in [0.1, 0.15) is 4.99 Å². The zero-order valence-electron chi connectivity index (χ0n) is 13.1. The summed E-state index contributed by atoms with van der Waals surface area (Å²) in [5.74, 6) is 1.03. The second-order valence-electron chi connectivity index (χ2n) is 5.44. The van der Waals surface area contributed by atoms with Gasteiger partial charge in [-0.2, -0.15) is 0 Å². The normalized spacial score (nSPS) is 19.8. The predicted molar refractivity (Wildman–Crippen MR) is 97.6 cm³/mol. The molecule has 0 saturated carbocycles. The van der Waals surface area contributed by atoms with Crippen molar-refractivity contribution < 1.29 is 0 Å². The van der Waals surface area contributed by atoms with Crippen molar-refractivity contribution in [3.63, 3.8) is 0 Å². The third-order valence-electron chi connectivity index (χ3n) is 4.14. The van der Waals surface area contributed by atoms with Gasteiger partial charge in [0, 0.05) is 41.8 Å². The Morgan fingerprint density at radius 2 is 2.14 bits per heavy atom. The van der Waals surface area contributed by atoms with E-state index in [-0.39, 0.29) is 0 Å². The second kappa shape index (κ2) is 7.47. The first-order chi connectivity index (χ1) is 10.1. The van der Waals surface area contributed by atoms with Crippen LogP contribution < -0.4 is 10.6 Å². The molecule has 0 aliphatic carbocycles. The molecule has 3 nitrogen and oxygen atoms in total. The van der Waals surface area contributed by atoms with E-state index in [1.807, 2.05) is 11.8 Å². The number of nitrogens with zero attached hydrogens (tertiary/aromatic N) is 2. The van der Waals surface area contributed by atoms with Gasteiger partial charge in [-0.15, -0.1) is 11.8 Å². The van der Waals surface area contributed by atoms with Crippen molar-refractivity contribution >= 4 is 34.7 Å². The maximum absolute atomic E-state index is 6.03. The molecule has 1 unspecified atom stereocenters. The lowest BCUT2D eigenvalue weighted by Gasteiger charge is -2.41. The molecule has 1 aliphatic rings. The van der Waals surface area contributed by atoms with Gasteiger partial charge in [-0.1, -0.05) is 32.1 Å². The van der Waals surface area contributed by atoms with Crippen LogP contribution in [0.1, 0.15) is 25.8 Å². The molecule has 1 atom stereocenters. The lowest BCUT2D eigenvalue weighted by atomic mass is 10.1. The Morgan fingerprint density at radius 3 is 2.76 bits per heavy atom. The number of likely N-dealkylation sites (N-methyl/N-ethyl adjacent to an activating group) is 1. The average molecular weight is 324 g/mol. The quantitative estimate of drug-likeness (QED) is 0.665. The topological polar surface area (TPSA) is 32.5 Å². The summed E-state index contributed by atoms with van der Waals surface area (Å²) in [7, 11) is 2.21. The summed E-state index contributed by atoms with van der Waals surface area (Å²) >= 11 is 7.14. The number of thioether (sulfide) groups is 1. The number of rotatable bonds is 5. The monoisotopic (exact) mass is 323 g/mol. The molecule has 21 heavy (non-hydrogen) atoms. The van der Waals surface area contributed by atoms with Crippen LogP contribution in [0.5, 0.6) is 0 Å². The summed E-state index contributed by atoms with van der Waals surface area (Å²) in [4.78, 5) is 6.60. The third-order valence-corrected chi connectivity index (χ3v) is 5.28. The molecule has 1 heterocycles. The van der Waals surface area contributed by atoms with E-state index in [0.717, 1.165) is 31.0 Å². The number of anilines is 1. The highest BCUT2D eigenvalue weighted by atomic mass is 32.2. The van der Waals surface area contributed by atoms with Gasteiger partial charge in [0.15, 0.2) is 0 Å². The van der Waals surface area contributed by atoms with Crippen LogP contribution in [0.25, 0.3) is 0 Å². The lowest BCUT2D eigenvalue weighted by Crippen LogP contribution is -2.51. The standard InChI is InChI=1S/C16H25N3S2/c1-4-12-11-19(10-9-18(12)3)13-7-6-8-14(21-5-2)15(13)16(17)20/h6-8,12H,4-5,9-11H2,1-3H3,(H2,17,20). The van der Waals surface area contributed by atoms with Crippen LogP contribution in [0.3, 0.4) is 0 Å². The van der Waals surface area contributed by atoms with E-state index in [9.17, 15) is 0 Å². The highest BCUT2D eigenvalue weighted by molar-refractivity contribution is 7.99. The Morgan fingerprint density at radius 1 is 1.38 bits per heavy atom. The van der Waals surface area contributed by atoms with Crippen molar-refractivity contribution in [1.82, 2.24) is 4.90 Å². The summed E-state index contributed by atoms with van der Waals surface area (Å²) in [6.45, 7) is 7.57. The highest BCUT2D eigenvalue weighted by Gasteiger charge is 2.25. The zero-order valence-corrected chi connectivity index (χ0v) is 14.8. The van der Waals surface area contributed by atoms with Crippen molar-refractivity contribution in [3.8, 4) is 0 Å². The van der Waals surface area contributed by atoms with Gasteiger partial charge in [-0.05, 0) is 31.4 Å². The fraction of sp³-hybridized carbons (Fsp3) is 0.562. The van der Waals surface area contributed by atoms with E-state index >= 15 is 0 Å². The molecule has 1 aromatic carbocycles. The van der Waals surface area contributed by atoms with Crippen molar-refractivity contribution in [3.05, 3.63) is 23.8 Å². The highest BCUT2D eigenvalue weighted by Crippen LogP contribution is 2.32. The van der Waals surface area contributed by atoms with Gasteiger partial charge in [0.2, 0.25) is 0 Å². The minimum absolute atomic E-state index is 0.508. The summed E-state index contributed by atoms with van der Waals surface area (Å²) in [5, 5.41) is 0. The number of hydrogen-bond acceptors (Lipinski definition) is 4. The minimum atomic E-state index is 0.508. The SMILES string of the molecule is CCSc1cccc(N2CCN(C)C(CC)C2)c1C(N)=S. The van der Waals surface area contributed by atoms with Gasteiger partial charge in [-0.25, -0.2) is 0 Å². The van der Waals surface area contributed by atoms with Gasteiger partial charge >= 0.3 is 0 Å². The minimum Gasteiger partial charge on any atom is -0.389 e. The maximum Gasteiger partial charge on any atom is 0.107 e. The summed E-state index contributed by atoms with van der Waals surface area (Å²) in [5.41, 5.74) is 8.28. The molecule has 1 aliphatic heterocycles. The Hall–Kier alpha value is -0.780. The molecular formula is C16H25N3S2. The Balaban J connectivity index is 2.34. The van der Waals surface area contributed by atoms with Crippen LogP contribution in [0, 0.1) is 0 Å². The van der Waals surface area contributed by atoms with Gasteiger partial charge in [0.25, 0.3) is 0 Å². The first-order valence-electron chi connectivity index (χ1n) is 7.59.